The average Bonchev–Trinajstić information content (AvgIpc) is 2.22. The lowest BCUT2D eigenvalue weighted by Crippen LogP contribution is -2.27. The molecule has 4 nitrogen and oxygen atoms in total. The van der Waals surface area contributed by atoms with E-state index in [9.17, 15) is 14.0 Å². The van der Waals surface area contributed by atoms with Gasteiger partial charge in [0.2, 0.25) is 5.91 Å². The molecule has 0 unspecified atom stereocenters. The smallest absolute Gasteiger partial charge is 0.312 e. The predicted octanol–water partition coefficient (Wildman–Crippen LogP) is 1.27. The topological polar surface area (TPSA) is 66.4 Å². The first kappa shape index (κ1) is 13.2. The Bertz CT molecular complexity index is 432. The highest BCUT2D eigenvalue weighted by molar-refractivity contribution is 5.93. The van der Waals surface area contributed by atoms with Crippen molar-refractivity contribution in [2.24, 2.45) is 0 Å². The summed E-state index contributed by atoms with van der Waals surface area (Å²) in [6.45, 7) is 2.01. The van der Waals surface area contributed by atoms with Crippen LogP contribution >= 0.6 is 0 Å². The first-order chi connectivity index (χ1) is 7.99. The molecular formula is C12H14FNO3. The summed E-state index contributed by atoms with van der Waals surface area (Å²) >= 11 is 0. The molecule has 0 aliphatic carbocycles. The van der Waals surface area contributed by atoms with Gasteiger partial charge in [0, 0.05) is 6.54 Å². The van der Waals surface area contributed by atoms with Crippen LogP contribution in [0.15, 0.2) is 18.2 Å². The minimum Gasteiger partial charge on any atom is -0.481 e. The molecule has 92 valence electrons. The third-order valence-corrected chi connectivity index (χ3v) is 2.27. The molecule has 2 N–H and O–H groups in total. The van der Waals surface area contributed by atoms with Crippen molar-refractivity contribution >= 4 is 11.9 Å². The van der Waals surface area contributed by atoms with Crippen molar-refractivity contribution in [2.45, 2.75) is 19.8 Å². The number of benzene rings is 1. The van der Waals surface area contributed by atoms with Crippen LogP contribution in [0.25, 0.3) is 0 Å². The number of halogens is 1. The highest BCUT2D eigenvalue weighted by atomic mass is 19.1. The van der Waals surface area contributed by atoms with Gasteiger partial charge in [-0.2, -0.15) is 0 Å². The number of carboxylic acid groups (broad SMARTS) is 1. The molecule has 0 atom stereocenters. The summed E-state index contributed by atoms with van der Waals surface area (Å²) in [7, 11) is 0. The number of aliphatic carboxylic acids is 1. The second kappa shape index (κ2) is 5.98. The van der Waals surface area contributed by atoms with Gasteiger partial charge in [0.05, 0.1) is 0 Å². The Hall–Kier alpha value is -1.91. The largest absolute Gasteiger partial charge is 0.481 e. The highest BCUT2D eigenvalue weighted by Gasteiger charge is 2.06. The zero-order valence-electron chi connectivity index (χ0n) is 9.50. The second-order valence-electron chi connectivity index (χ2n) is 3.75. The molecule has 5 heteroatoms. The van der Waals surface area contributed by atoms with Gasteiger partial charge in [-0.05, 0) is 30.5 Å². The number of hydrogen-bond donors (Lipinski definition) is 2. The maximum Gasteiger partial charge on any atom is 0.312 e. The summed E-state index contributed by atoms with van der Waals surface area (Å²) in [6, 6.07) is 4.73. The Morgan fingerprint density at radius 1 is 1.41 bits per heavy atom. The molecule has 0 fully saturated rings. The van der Waals surface area contributed by atoms with Crippen molar-refractivity contribution in [2.75, 3.05) is 6.54 Å². The Balaban J connectivity index is 2.38. The quantitative estimate of drug-likeness (QED) is 0.760. The number of nitrogens with one attached hydrogen (secondary N) is 1. The highest BCUT2D eigenvalue weighted by Crippen LogP contribution is 2.09. The lowest BCUT2D eigenvalue weighted by molar-refractivity contribution is -0.140. The van der Waals surface area contributed by atoms with Crippen LogP contribution in [-0.2, 0) is 16.0 Å². The van der Waals surface area contributed by atoms with Crippen molar-refractivity contribution in [3.05, 3.63) is 35.1 Å². The van der Waals surface area contributed by atoms with Gasteiger partial charge in [-0.15, -0.1) is 0 Å². The number of aryl methyl sites for hydroxylation is 1. The van der Waals surface area contributed by atoms with E-state index in [0.717, 1.165) is 5.56 Å². The van der Waals surface area contributed by atoms with Gasteiger partial charge in [-0.1, -0.05) is 12.1 Å². The van der Waals surface area contributed by atoms with Crippen molar-refractivity contribution in [3.63, 3.8) is 0 Å². The molecule has 17 heavy (non-hydrogen) atoms. The third kappa shape index (κ3) is 4.63. The Labute approximate surface area is 98.5 Å². The molecule has 1 aromatic rings. The monoisotopic (exact) mass is 239 g/mol. The molecule has 0 saturated carbocycles. The molecule has 0 aromatic heterocycles. The Morgan fingerprint density at radius 2 is 2.12 bits per heavy atom. The van der Waals surface area contributed by atoms with Crippen LogP contribution in [0.5, 0.6) is 0 Å². The number of amides is 1. The van der Waals surface area contributed by atoms with E-state index in [-0.39, 0.29) is 5.82 Å². The number of hydrogen-bond acceptors (Lipinski definition) is 2. The van der Waals surface area contributed by atoms with Crippen molar-refractivity contribution in [1.82, 2.24) is 5.32 Å². The lowest BCUT2D eigenvalue weighted by atomic mass is 10.1. The van der Waals surface area contributed by atoms with E-state index in [1.807, 2.05) is 0 Å². The van der Waals surface area contributed by atoms with E-state index in [1.165, 1.54) is 6.07 Å². The molecule has 1 aromatic carbocycles. The molecule has 0 bridgehead atoms. The fourth-order valence-corrected chi connectivity index (χ4v) is 1.41. The van der Waals surface area contributed by atoms with Gasteiger partial charge in [0.25, 0.3) is 0 Å². The number of carbonyl (C=O) groups excluding carboxylic acids is 1. The first-order valence-corrected chi connectivity index (χ1v) is 5.22. The zero-order chi connectivity index (χ0) is 12.8. The molecule has 1 amide bonds. The maximum atomic E-state index is 13.0. The molecule has 0 aliphatic rings. The molecule has 1 rings (SSSR count). The third-order valence-electron chi connectivity index (χ3n) is 2.27. The van der Waals surface area contributed by atoms with Crippen molar-refractivity contribution in [1.29, 1.82) is 0 Å². The van der Waals surface area contributed by atoms with Crippen LogP contribution in [0.1, 0.15) is 17.5 Å². The van der Waals surface area contributed by atoms with Gasteiger partial charge in [-0.3, -0.25) is 9.59 Å². The molecule has 0 saturated heterocycles. The van der Waals surface area contributed by atoms with Crippen LogP contribution in [0.3, 0.4) is 0 Å². The molecule has 0 heterocycles. The van der Waals surface area contributed by atoms with Gasteiger partial charge < -0.3 is 10.4 Å². The fraction of sp³-hybridized carbons (Fsp3) is 0.333. The SMILES string of the molecule is Cc1cc(CCNC(=O)CC(=O)O)ccc1F. The number of rotatable bonds is 5. The van der Waals surface area contributed by atoms with Gasteiger partial charge in [-0.25, -0.2) is 4.39 Å². The van der Waals surface area contributed by atoms with Crippen LogP contribution in [-0.4, -0.2) is 23.5 Å². The fourth-order valence-electron chi connectivity index (χ4n) is 1.41. The summed E-state index contributed by atoms with van der Waals surface area (Å²) in [5.41, 5.74) is 1.46. The summed E-state index contributed by atoms with van der Waals surface area (Å²) < 4.78 is 13.0. The van der Waals surface area contributed by atoms with Crippen LogP contribution in [0.4, 0.5) is 4.39 Å². The normalized spacial score (nSPS) is 10.0. The van der Waals surface area contributed by atoms with Crippen LogP contribution in [0, 0.1) is 12.7 Å². The Morgan fingerprint density at radius 3 is 2.71 bits per heavy atom. The summed E-state index contributed by atoms with van der Waals surface area (Å²) in [6.07, 6.45) is 0.0227. The number of carbonyl (C=O) groups is 2. The maximum absolute atomic E-state index is 13.0. The van der Waals surface area contributed by atoms with E-state index in [2.05, 4.69) is 5.32 Å². The predicted molar refractivity (Wildman–Crippen MR) is 60.1 cm³/mol. The van der Waals surface area contributed by atoms with E-state index < -0.39 is 18.3 Å². The minimum atomic E-state index is -1.15. The molecule has 0 radical (unpaired) electrons. The summed E-state index contributed by atoms with van der Waals surface area (Å²) in [5.74, 6) is -1.93. The van der Waals surface area contributed by atoms with Crippen LogP contribution < -0.4 is 5.32 Å². The van der Waals surface area contributed by atoms with Crippen LogP contribution in [0.2, 0.25) is 0 Å². The average molecular weight is 239 g/mol. The second-order valence-corrected chi connectivity index (χ2v) is 3.75. The summed E-state index contributed by atoms with van der Waals surface area (Å²) in [4.78, 5) is 21.2. The van der Waals surface area contributed by atoms with E-state index >= 15 is 0 Å². The van der Waals surface area contributed by atoms with Crippen molar-refractivity contribution in [3.8, 4) is 0 Å². The van der Waals surface area contributed by atoms with Gasteiger partial charge in [0.1, 0.15) is 12.2 Å². The minimum absolute atomic E-state index is 0.260. The lowest BCUT2D eigenvalue weighted by Gasteiger charge is -2.05. The molecule has 0 spiro atoms. The Kier molecular flexibility index (Phi) is 4.63. The first-order valence-electron chi connectivity index (χ1n) is 5.22. The molecular weight excluding hydrogens is 225 g/mol. The van der Waals surface area contributed by atoms with Gasteiger partial charge >= 0.3 is 5.97 Å². The van der Waals surface area contributed by atoms with Crippen molar-refractivity contribution < 1.29 is 19.1 Å². The summed E-state index contributed by atoms with van der Waals surface area (Å²) in [5, 5.41) is 10.8. The van der Waals surface area contributed by atoms with E-state index in [1.54, 1.807) is 19.1 Å². The zero-order valence-corrected chi connectivity index (χ0v) is 9.50. The van der Waals surface area contributed by atoms with Gasteiger partial charge in [0.15, 0.2) is 0 Å². The number of carboxylic acids is 1. The van der Waals surface area contributed by atoms with E-state index in [0.29, 0.717) is 18.5 Å². The standard InChI is InChI=1S/C12H14FNO3/c1-8-6-9(2-3-10(8)13)4-5-14-11(15)7-12(16)17/h2-3,6H,4-5,7H2,1H3,(H,14,15)(H,16,17). The van der Waals surface area contributed by atoms with E-state index in [4.69, 9.17) is 5.11 Å². The molecule has 0 aliphatic heterocycles.